The summed E-state index contributed by atoms with van der Waals surface area (Å²) in [5, 5.41) is 3.26. The highest BCUT2D eigenvalue weighted by Crippen LogP contribution is 2.46. The summed E-state index contributed by atoms with van der Waals surface area (Å²) in [5.74, 6) is -0.799. The highest BCUT2D eigenvalue weighted by atomic mass is 32.2. The standard InChI is InChI=1S/C23H20F2N2O2S/c24-17-4-3-5-18(12-17)30(28,29)27-21-13-26-14-22(27)23(21)16-10-8-15(9-11-16)19-6-1-2-7-20(19)25/h1-12,21-23,26H,13-14H2/t21-,22+,23?. The normalized spacial score (nSPS) is 23.7. The van der Waals surface area contributed by atoms with E-state index < -0.39 is 15.8 Å². The zero-order chi connectivity index (χ0) is 20.9. The molecule has 2 aliphatic heterocycles. The number of nitrogens with one attached hydrogen (secondary N) is 1. The van der Waals surface area contributed by atoms with Gasteiger partial charge in [-0.3, -0.25) is 0 Å². The summed E-state index contributed by atoms with van der Waals surface area (Å²) in [5.41, 5.74) is 2.34. The van der Waals surface area contributed by atoms with Crippen molar-refractivity contribution in [1.29, 1.82) is 0 Å². The van der Waals surface area contributed by atoms with Gasteiger partial charge in [0.1, 0.15) is 11.6 Å². The molecule has 0 spiro atoms. The average molecular weight is 426 g/mol. The molecule has 5 rings (SSSR count). The summed E-state index contributed by atoms with van der Waals surface area (Å²) in [6.07, 6.45) is 0. The van der Waals surface area contributed by atoms with Gasteiger partial charge in [-0.25, -0.2) is 17.2 Å². The zero-order valence-corrected chi connectivity index (χ0v) is 16.8. The molecule has 1 unspecified atom stereocenters. The first-order valence-electron chi connectivity index (χ1n) is 9.81. The lowest BCUT2D eigenvalue weighted by Gasteiger charge is -2.57. The first-order valence-corrected chi connectivity index (χ1v) is 11.3. The molecule has 0 saturated carbocycles. The fourth-order valence-electron chi connectivity index (χ4n) is 4.66. The second-order valence-electron chi connectivity index (χ2n) is 7.71. The molecule has 2 heterocycles. The van der Waals surface area contributed by atoms with Crippen molar-refractivity contribution in [3.05, 3.63) is 90.0 Å². The van der Waals surface area contributed by atoms with Gasteiger partial charge in [-0.15, -0.1) is 0 Å². The van der Waals surface area contributed by atoms with Crippen LogP contribution in [0.5, 0.6) is 0 Å². The van der Waals surface area contributed by atoms with Crippen LogP contribution in [0.3, 0.4) is 0 Å². The van der Waals surface area contributed by atoms with E-state index >= 15 is 0 Å². The van der Waals surface area contributed by atoms with Crippen LogP contribution in [0.4, 0.5) is 8.78 Å². The van der Waals surface area contributed by atoms with Crippen LogP contribution < -0.4 is 5.32 Å². The maximum Gasteiger partial charge on any atom is 0.243 e. The van der Waals surface area contributed by atoms with Crippen molar-refractivity contribution < 1.29 is 17.2 Å². The molecule has 3 atom stereocenters. The van der Waals surface area contributed by atoms with Crippen molar-refractivity contribution in [2.75, 3.05) is 13.1 Å². The highest BCUT2D eigenvalue weighted by molar-refractivity contribution is 7.89. The van der Waals surface area contributed by atoms with Crippen LogP contribution in [0.2, 0.25) is 0 Å². The van der Waals surface area contributed by atoms with Gasteiger partial charge in [-0.1, -0.05) is 48.5 Å². The Hall–Kier alpha value is -2.61. The second-order valence-corrected chi connectivity index (χ2v) is 9.56. The van der Waals surface area contributed by atoms with Gasteiger partial charge in [0.15, 0.2) is 0 Å². The SMILES string of the molecule is O=S(=O)(c1cccc(F)c1)N1[C@@H]2CNC[C@H]1C2c1ccc(-c2ccccc2F)cc1. The third kappa shape index (κ3) is 3.05. The zero-order valence-electron chi connectivity index (χ0n) is 16.0. The van der Waals surface area contributed by atoms with Gasteiger partial charge in [0.2, 0.25) is 10.0 Å². The van der Waals surface area contributed by atoms with Gasteiger partial charge in [0.25, 0.3) is 0 Å². The predicted octanol–water partition coefficient (Wildman–Crippen LogP) is 3.76. The largest absolute Gasteiger partial charge is 0.313 e. The molecule has 0 aliphatic carbocycles. The first kappa shape index (κ1) is 19.4. The van der Waals surface area contributed by atoms with Crippen molar-refractivity contribution >= 4 is 10.0 Å². The summed E-state index contributed by atoms with van der Waals surface area (Å²) in [7, 11) is -3.78. The molecule has 7 heteroatoms. The first-order chi connectivity index (χ1) is 14.5. The van der Waals surface area contributed by atoms with E-state index in [0.29, 0.717) is 18.7 Å². The van der Waals surface area contributed by atoms with E-state index in [1.54, 1.807) is 18.2 Å². The number of sulfonamides is 1. The van der Waals surface area contributed by atoms with Gasteiger partial charge in [-0.05, 0) is 35.4 Å². The minimum Gasteiger partial charge on any atom is -0.313 e. The summed E-state index contributed by atoms with van der Waals surface area (Å²) < 4.78 is 55.4. The van der Waals surface area contributed by atoms with Gasteiger partial charge in [-0.2, -0.15) is 4.31 Å². The molecule has 0 radical (unpaired) electrons. The van der Waals surface area contributed by atoms with E-state index in [2.05, 4.69) is 5.32 Å². The van der Waals surface area contributed by atoms with E-state index in [4.69, 9.17) is 0 Å². The molecule has 154 valence electrons. The van der Waals surface area contributed by atoms with Gasteiger partial charge >= 0.3 is 0 Å². The number of piperazine rings is 1. The third-order valence-electron chi connectivity index (χ3n) is 6.04. The number of halogens is 2. The monoisotopic (exact) mass is 426 g/mol. The van der Waals surface area contributed by atoms with Crippen LogP contribution in [0.25, 0.3) is 11.1 Å². The minimum atomic E-state index is -3.78. The van der Waals surface area contributed by atoms with Crippen LogP contribution in [-0.4, -0.2) is 37.9 Å². The molecule has 2 aliphatic rings. The minimum absolute atomic E-state index is 0.0206. The Bertz CT molecular complexity index is 1190. The van der Waals surface area contributed by atoms with Crippen LogP contribution in [0, 0.1) is 11.6 Å². The number of piperidine rings is 1. The number of fused-ring (bicyclic) bond motifs is 2. The lowest BCUT2D eigenvalue weighted by atomic mass is 9.74. The van der Waals surface area contributed by atoms with E-state index in [-0.39, 0.29) is 28.7 Å². The number of hydrogen-bond donors (Lipinski definition) is 1. The Morgan fingerprint density at radius 2 is 1.57 bits per heavy atom. The van der Waals surface area contributed by atoms with Crippen molar-refractivity contribution in [2.45, 2.75) is 22.9 Å². The smallest absolute Gasteiger partial charge is 0.243 e. The second kappa shape index (κ2) is 7.27. The molecule has 3 aromatic carbocycles. The Morgan fingerprint density at radius 3 is 2.23 bits per heavy atom. The van der Waals surface area contributed by atoms with Crippen molar-refractivity contribution in [3.8, 4) is 11.1 Å². The Kier molecular flexibility index (Phi) is 4.69. The van der Waals surface area contributed by atoms with E-state index in [1.165, 1.54) is 28.6 Å². The number of hydrogen-bond acceptors (Lipinski definition) is 3. The lowest BCUT2D eigenvalue weighted by molar-refractivity contribution is 0.0370. The predicted molar refractivity (Wildman–Crippen MR) is 110 cm³/mol. The highest BCUT2D eigenvalue weighted by Gasteiger charge is 2.56. The van der Waals surface area contributed by atoms with Gasteiger partial charge in [0.05, 0.1) is 4.90 Å². The molecule has 2 fully saturated rings. The van der Waals surface area contributed by atoms with E-state index in [0.717, 1.165) is 17.2 Å². The average Bonchev–Trinajstić information content (AvgIpc) is 2.75. The summed E-state index contributed by atoms with van der Waals surface area (Å²) in [6.45, 7) is 1.07. The molecule has 0 amide bonds. The number of benzene rings is 3. The van der Waals surface area contributed by atoms with Crippen molar-refractivity contribution in [1.82, 2.24) is 9.62 Å². The van der Waals surface area contributed by atoms with Crippen LogP contribution in [-0.2, 0) is 10.0 Å². The molecular formula is C23H20F2N2O2S. The quantitative estimate of drug-likeness (QED) is 0.691. The molecule has 2 bridgehead atoms. The molecule has 4 nitrogen and oxygen atoms in total. The number of nitrogens with zero attached hydrogens (tertiary/aromatic N) is 1. The van der Waals surface area contributed by atoms with Crippen molar-refractivity contribution in [3.63, 3.8) is 0 Å². The molecule has 0 aromatic heterocycles. The Morgan fingerprint density at radius 1 is 0.867 bits per heavy atom. The molecule has 30 heavy (non-hydrogen) atoms. The maximum atomic E-state index is 14.1. The molecular weight excluding hydrogens is 406 g/mol. The van der Waals surface area contributed by atoms with Crippen LogP contribution in [0.15, 0.2) is 77.7 Å². The Labute approximate surface area is 174 Å². The summed E-state index contributed by atoms with van der Waals surface area (Å²) >= 11 is 0. The lowest BCUT2D eigenvalue weighted by Crippen LogP contribution is -2.73. The molecule has 2 saturated heterocycles. The molecule has 1 N–H and O–H groups in total. The van der Waals surface area contributed by atoms with Crippen molar-refractivity contribution in [2.24, 2.45) is 0 Å². The third-order valence-corrected chi connectivity index (χ3v) is 7.99. The fourth-order valence-corrected chi connectivity index (χ4v) is 6.54. The van der Waals surface area contributed by atoms with Gasteiger partial charge < -0.3 is 5.32 Å². The summed E-state index contributed by atoms with van der Waals surface area (Å²) in [6, 6.07) is 18.9. The van der Waals surface area contributed by atoms with Crippen LogP contribution >= 0.6 is 0 Å². The Balaban J connectivity index is 1.43. The number of rotatable bonds is 4. The fraction of sp³-hybridized carbons (Fsp3) is 0.217. The van der Waals surface area contributed by atoms with Gasteiger partial charge in [0, 0.05) is 36.7 Å². The topological polar surface area (TPSA) is 49.4 Å². The summed E-state index contributed by atoms with van der Waals surface area (Å²) in [4.78, 5) is -0.0206. The van der Waals surface area contributed by atoms with E-state index in [1.807, 2.05) is 24.3 Å². The molecule has 3 aromatic rings. The van der Waals surface area contributed by atoms with E-state index in [9.17, 15) is 17.2 Å². The van der Waals surface area contributed by atoms with Crippen LogP contribution in [0.1, 0.15) is 11.5 Å². The maximum absolute atomic E-state index is 14.1.